The van der Waals surface area contributed by atoms with Gasteiger partial charge < -0.3 is 20.1 Å². The van der Waals surface area contributed by atoms with Gasteiger partial charge >= 0.3 is 0 Å². The van der Waals surface area contributed by atoms with Crippen molar-refractivity contribution in [3.8, 4) is 5.75 Å². The fraction of sp³-hybridized carbons (Fsp3) is 0.562. The first-order valence-corrected chi connectivity index (χ1v) is 7.39. The molecule has 1 aromatic rings. The first-order valence-electron chi connectivity index (χ1n) is 7.39. The molecule has 0 aliphatic carbocycles. The Bertz CT molecular complexity index is 470. The number of benzene rings is 1. The van der Waals surface area contributed by atoms with Gasteiger partial charge in [-0.3, -0.25) is 4.79 Å². The lowest BCUT2D eigenvalue weighted by Gasteiger charge is -2.24. The summed E-state index contributed by atoms with van der Waals surface area (Å²) in [7, 11) is 0. The smallest absolute Gasteiger partial charge is 0.250 e. The standard InChI is InChI=1S/C16H24N2O3.ClH/c1-11-5-4-6-12(2)15(11)21-10-13(3)18-16(19)14-9-17-7-8-20-14;/h4-6,13-14,17H,7-10H2,1-3H3,(H,18,19);1H. The summed E-state index contributed by atoms with van der Waals surface area (Å²) < 4.78 is 11.3. The van der Waals surface area contributed by atoms with Crippen LogP contribution in [-0.2, 0) is 9.53 Å². The number of ether oxygens (including phenoxy) is 2. The van der Waals surface area contributed by atoms with Crippen LogP contribution in [0.4, 0.5) is 0 Å². The van der Waals surface area contributed by atoms with Gasteiger partial charge in [-0.1, -0.05) is 18.2 Å². The van der Waals surface area contributed by atoms with Crippen molar-refractivity contribution >= 4 is 18.3 Å². The van der Waals surface area contributed by atoms with Crippen molar-refractivity contribution in [3.05, 3.63) is 29.3 Å². The molecule has 2 atom stereocenters. The molecule has 1 saturated heterocycles. The van der Waals surface area contributed by atoms with Gasteiger partial charge in [-0.2, -0.15) is 0 Å². The Kier molecular flexibility index (Phi) is 7.65. The van der Waals surface area contributed by atoms with Crippen LogP contribution in [0.5, 0.6) is 5.75 Å². The van der Waals surface area contributed by atoms with Crippen LogP contribution in [0.15, 0.2) is 18.2 Å². The Balaban J connectivity index is 0.00000242. The number of rotatable bonds is 5. The van der Waals surface area contributed by atoms with Gasteiger partial charge in [-0.05, 0) is 31.9 Å². The van der Waals surface area contributed by atoms with Crippen LogP contribution in [0.2, 0.25) is 0 Å². The van der Waals surface area contributed by atoms with Crippen molar-refractivity contribution in [1.82, 2.24) is 10.6 Å². The highest BCUT2D eigenvalue weighted by Gasteiger charge is 2.23. The summed E-state index contributed by atoms with van der Waals surface area (Å²) in [5.41, 5.74) is 2.21. The monoisotopic (exact) mass is 328 g/mol. The second kappa shape index (κ2) is 8.98. The molecule has 0 spiro atoms. The average molecular weight is 329 g/mol. The van der Waals surface area contributed by atoms with E-state index in [2.05, 4.69) is 10.6 Å². The third kappa shape index (κ3) is 5.16. The number of aryl methyl sites for hydroxylation is 2. The fourth-order valence-corrected chi connectivity index (χ4v) is 2.35. The zero-order valence-corrected chi connectivity index (χ0v) is 14.2. The van der Waals surface area contributed by atoms with E-state index < -0.39 is 6.10 Å². The van der Waals surface area contributed by atoms with Gasteiger partial charge in [0.1, 0.15) is 18.5 Å². The van der Waals surface area contributed by atoms with Gasteiger partial charge in [0.25, 0.3) is 5.91 Å². The van der Waals surface area contributed by atoms with Crippen molar-refractivity contribution in [3.63, 3.8) is 0 Å². The van der Waals surface area contributed by atoms with E-state index in [1.807, 2.05) is 39.0 Å². The van der Waals surface area contributed by atoms with Crippen molar-refractivity contribution in [1.29, 1.82) is 0 Å². The molecule has 1 heterocycles. The van der Waals surface area contributed by atoms with Gasteiger partial charge in [-0.15, -0.1) is 12.4 Å². The number of carbonyl (C=O) groups is 1. The van der Waals surface area contributed by atoms with Crippen LogP contribution in [-0.4, -0.2) is 44.4 Å². The minimum Gasteiger partial charge on any atom is -0.491 e. The molecule has 0 saturated carbocycles. The highest BCUT2D eigenvalue weighted by atomic mass is 35.5. The molecule has 1 amide bonds. The molecule has 0 bridgehead atoms. The SMILES string of the molecule is Cc1cccc(C)c1OCC(C)NC(=O)C1CNCCO1.Cl. The summed E-state index contributed by atoms with van der Waals surface area (Å²) in [6.07, 6.45) is -0.401. The second-order valence-corrected chi connectivity index (χ2v) is 5.51. The molecule has 2 N–H and O–H groups in total. The number of hydrogen-bond acceptors (Lipinski definition) is 4. The molecule has 1 fully saturated rings. The number of hydrogen-bond donors (Lipinski definition) is 2. The quantitative estimate of drug-likeness (QED) is 0.862. The topological polar surface area (TPSA) is 59.6 Å². The van der Waals surface area contributed by atoms with Gasteiger partial charge in [0.15, 0.2) is 0 Å². The number of morpholine rings is 1. The van der Waals surface area contributed by atoms with Gasteiger partial charge in [0, 0.05) is 13.1 Å². The van der Waals surface area contributed by atoms with E-state index >= 15 is 0 Å². The zero-order valence-electron chi connectivity index (χ0n) is 13.3. The van der Waals surface area contributed by atoms with E-state index in [4.69, 9.17) is 9.47 Å². The van der Waals surface area contributed by atoms with Crippen LogP contribution >= 0.6 is 12.4 Å². The molecule has 124 valence electrons. The Morgan fingerprint density at radius 3 is 2.73 bits per heavy atom. The van der Waals surface area contributed by atoms with E-state index in [0.717, 1.165) is 23.4 Å². The summed E-state index contributed by atoms with van der Waals surface area (Å²) in [6, 6.07) is 5.98. The molecule has 22 heavy (non-hydrogen) atoms. The molecule has 5 nitrogen and oxygen atoms in total. The average Bonchev–Trinajstić information content (AvgIpc) is 2.47. The minimum absolute atomic E-state index is 0. The predicted molar refractivity (Wildman–Crippen MR) is 88.9 cm³/mol. The Morgan fingerprint density at radius 1 is 1.45 bits per heavy atom. The lowest BCUT2D eigenvalue weighted by Crippen LogP contribution is -2.50. The van der Waals surface area contributed by atoms with E-state index in [9.17, 15) is 4.79 Å². The van der Waals surface area contributed by atoms with E-state index in [1.54, 1.807) is 0 Å². The van der Waals surface area contributed by atoms with Crippen LogP contribution < -0.4 is 15.4 Å². The molecule has 1 aromatic carbocycles. The van der Waals surface area contributed by atoms with Crippen molar-refractivity contribution in [2.75, 3.05) is 26.3 Å². The van der Waals surface area contributed by atoms with E-state index in [-0.39, 0.29) is 24.4 Å². The van der Waals surface area contributed by atoms with Gasteiger partial charge in [0.05, 0.1) is 12.6 Å². The molecular formula is C16H25ClN2O3. The maximum absolute atomic E-state index is 12.0. The Morgan fingerprint density at radius 2 is 2.14 bits per heavy atom. The number of nitrogens with one attached hydrogen (secondary N) is 2. The van der Waals surface area contributed by atoms with Crippen LogP contribution in [0, 0.1) is 13.8 Å². The third-order valence-electron chi connectivity index (χ3n) is 3.50. The first-order chi connectivity index (χ1) is 10.1. The highest BCUT2D eigenvalue weighted by molar-refractivity contribution is 5.85. The van der Waals surface area contributed by atoms with Crippen LogP contribution in [0.1, 0.15) is 18.1 Å². The molecule has 0 aromatic heterocycles. The zero-order chi connectivity index (χ0) is 15.2. The number of halogens is 1. The number of amides is 1. The van der Waals surface area contributed by atoms with Gasteiger partial charge in [0.2, 0.25) is 0 Å². The largest absolute Gasteiger partial charge is 0.491 e. The number of carbonyl (C=O) groups excluding carboxylic acids is 1. The maximum atomic E-state index is 12.0. The highest BCUT2D eigenvalue weighted by Crippen LogP contribution is 2.22. The van der Waals surface area contributed by atoms with Crippen LogP contribution in [0.3, 0.4) is 0 Å². The Hall–Kier alpha value is -1.30. The predicted octanol–water partition coefficient (Wildman–Crippen LogP) is 1.60. The van der Waals surface area contributed by atoms with Gasteiger partial charge in [-0.25, -0.2) is 0 Å². The fourth-order valence-electron chi connectivity index (χ4n) is 2.35. The van der Waals surface area contributed by atoms with Crippen LogP contribution in [0.25, 0.3) is 0 Å². The molecule has 1 aliphatic rings. The summed E-state index contributed by atoms with van der Waals surface area (Å²) in [6.45, 7) is 8.36. The first kappa shape index (κ1) is 18.7. The second-order valence-electron chi connectivity index (χ2n) is 5.51. The molecule has 1 aliphatic heterocycles. The third-order valence-corrected chi connectivity index (χ3v) is 3.50. The molecule has 6 heteroatoms. The summed E-state index contributed by atoms with van der Waals surface area (Å²) in [5.74, 6) is 0.814. The normalized spacial score (nSPS) is 19.0. The van der Waals surface area contributed by atoms with Crippen molar-refractivity contribution < 1.29 is 14.3 Å². The molecular weight excluding hydrogens is 304 g/mol. The minimum atomic E-state index is -0.401. The van der Waals surface area contributed by atoms with E-state index in [1.165, 1.54) is 0 Å². The lowest BCUT2D eigenvalue weighted by molar-refractivity contribution is -0.135. The molecule has 0 radical (unpaired) electrons. The summed E-state index contributed by atoms with van der Waals surface area (Å²) >= 11 is 0. The van der Waals surface area contributed by atoms with E-state index in [0.29, 0.717) is 19.8 Å². The maximum Gasteiger partial charge on any atom is 0.250 e. The molecule has 2 unspecified atom stereocenters. The Labute approximate surface area is 138 Å². The van der Waals surface area contributed by atoms with Crippen molar-refractivity contribution in [2.24, 2.45) is 0 Å². The number of para-hydroxylation sites is 1. The lowest BCUT2D eigenvalue weighted by atomic mass is 10.1. The summed E-state index contributed by atoms with van der Waals surface area (Å²) in [4.78, 5) is 12.0. The van der Waals surface area contributed by atoms with Crippen molar-refractivity contribution in [2.45, 2.75) is 32.9 Å². The summed E-state index contributed by atoms with van der Waals surface area (Å²) in [5, 5.41) is 6.07. The molecule has 2 rings (SSSR count).